The van der Waals surface area contributed by atoms with Gasteiger partial charge in [0.1, 0.15) is 5.82 Å². The van der Waals surface area contributed by atoms with Crippen molar-refractivity contribution >= 4 is 28.8 Å². The van der Waals surface area contributed by atoms with Gasteiger partial charge in [0, 0.05) is 42.6 Å². The third-order valence-electron chi connectivity index (χ3n) is 6.17. The molecule has 4 N–H and O–H groups in total. The zero-order chi connectivity index (χ0) is 27.6. The molecule has 0 aliphatic heterocycles. The number of rotatable bonds is 7. The minimum Gasteiger partial charge on any atom is -0.403 e. The first kappa shape index (κ1) is 27.2. The van der Waals surface area contributed by atoms with Gasteiger partial charge in [0.05, 0.1) is 17.1 Å². The number of hydrogen-bond donors (Lipinski definition) is 2. The van der Waals surface area contributed by atoms with Gasteiger partial charge in [0.25, 0.3) is 0 Å². The van der Waals surface area contributed by atoms with Crippen molar-refractivity contribution in [1.29, 1.82) is 0 Å². The molecule has 0 amide bonds. The quantitative estimate of drug-likeness (QED) is 0.164. The highest BCUT2D eigenvalue weighted by molar-refractivity contribution is 7.98. The molecule has 10 heteroatoms. The number of halogens is 3. The van der Waals surface area contributed by atoms with Crippen LogP contribution in [0, 0.1) is 6.92 Å². The van der Waals surface area contributed by atoms with Crippen LogP contribution in [0.25, 0.3) is 22.5 Å². The first-order chi connectivity index (χ1) is 18.0. The summed E-state index contributed by atoms with van der Waals surface area (Å²) in [5.74, 6) is 6.86. The highest BCUT2D eigenvalue weighted by Crippen LogP contribution is 2.36. The van der Waals surface area contributed by atoms with E-state index in [0.29, 0.717) is 17.1 Å². The molecular formula is C28H29F3N6S. The number of nitrogens with zero attached hydrogens (tertiary/aromatic N) is 4. The number of aryl methyl sites for hydroxylation is 1. The van der Waals surface area contributed by atoms with Gasteiger partial charge in [-0.2, -0.15) is 13.2 Å². The molecule has 4 aromatic rings. The molecule has 38 heavy (non-hydrogen) atoms. The number of thioether (sulfide) groups is 1. The number of benzene rings is 3. The Hall–Kier alpha value is -3.89. The largest absolute Gasteiger partial charge is 0.434 e. The molecule has 6 nitrogen and oxygen atoms in total. The van der Waals surface area contributed by atoms with Crippen LogP contribution >= 0.6 is 11.8 Å². The average molecular weight is 539 g/mol. The van der Waals surface area contributed by atoms with E-state index in [1.807, 2.05) is 85.9 Å². The maximum Gasteiger partial charge on any atom is 0.434 e. The van der Waals surface area contributed by atoms with Crippen molar-refractivity contribution in [3.05, 3.63) is 96.2 Å². The molecule has 0 aliphatic rings. The Kier molecular flexibility index (Phi) is 7.75. The van der Waals surface area contributed by atoms with Crippen LogP contribution in [-0.2, 0) is 6.18 Å². The van der Waals surface area contributed by atoms with Gasteiger partial charge in [-0.05, 0) is 60.7 Å². The maximum absolute atomic E-state index is 13.5. The minimum absolute atomic E-state index is 0.178. The predicted octanol–water partition coefficient (Wildman–Crippen LogP) is 6.29. The molecule has 0 aliphatic carbocycles. The Morgan fingerprint density at radius 2 is 1.68 bits per heavy atom. The molecule has 4 rings (SSSR count). The molecule has 0 spiro atoms. The third-order valence-corrected chi connectivity index (χ3v) is 6.89. The van der Waals surface area contributed by atoms with Crippen LogP contribution in [0.2, 0.25) is 0 Å². The third kappa shape index (κ3) is 5.51. The highest BCUT2D eigenvalue weighted by atomic mass is 32.2. The van der Waals surface area contributed by atoms with Gasteiger partial charge in [-0.1, -0.05) is 30.3 Å². The molecule has 198 valence electrons. The standard InChI is InChI=1S/C28H29F3N6S/c1-18-34-27(28(29,30)31)17-36(18)24-13-10-21(20-6-5-7-23(14-20)38-4)15-25(24)37(33)26(16-32)19-8-11-22(12-9-19)35(2)3/h5-17H,32-33H2,1-4H3/b26-16-. The molecule has 0 unspecified atom stereocenters. The van der Waals surface area contributed by atoms with Gasteiger partial charge >= 0.3 is 6.18 Å². The molecule has 0 fully saturated rings. The van der Waals surface area contributed by atoms with Crippen molar-refractivity contribution in [3.8, 4) is 16.8 Å². The Balaban J connectivity index is 1.88. The van der Waals surface area contributed by atoms with Crippen LogP contribution in [0.1, 0.15) is 17.1 Å². The van der Waals surface area contributed by atoms with E-state index in [0.717, 1.165) is 33.5 Å². The van der Waals surface area contributed by atoms with E-state index < -0.39 is 11.9 Å². The van der Waals surface area contributed by atoms with Gasteiger partial charge in [0.15, 0.2) is 5.69 Å². The Morgan fingerprint density at radius 1 is 1.00 bits per heavy atom. The number of nitrogens with two attached hydrogens (primary N) is 2. The number of aromatic nitrogens is 2. The van der Waals surface area contributed by atoms with Crippen molar-refractivity contribution < 1.29 is 13.2 Å². The van der Waals surface area contributed by atoms with E-state index in [1.165, 1.54) is 22.7 Å². The molecule has 0 saturated carbocycles. The molecule has 0 saturated heterocycles. The van der Waals surface area contributed by atoms with Gasteiger partial charge in [-0.3, -0.25) is 5.01 Å². The second-order valence-corrected chi connectivity index (χ2v) is 9.72. The van der Waals surface area contributed by atoms with Gasteiger partial charge in [-0.25, -0.2) is 10.8 Å². The molecule has 3 aromatic carbocycles. The summed E-state index contributed by atoms with van der Waals surface area (Å²) in [5, 5.41) is 1.40. The summed E-state index contributed by atoms with van der Waals surface area (Å²) < 4.78 is 41.8. The summed E-state index contributed by atoms with van der Waals surface area (Å²) in [6.07, 6.45) is -0.215. The fraction of sp³-hybridized carbons (Fsp3) is 0.179. The zero-order valence-corrected chi connectivity index (χ0v) is 22.3. The van der Waals surface area contributed by atoms with Crippen LogP contribution < -0.4 is 21.5 Å². The summed E-state index contributed by atoms with van der Waals surface area (Å²) >= 11 is 1.62. The highest BCUT2D eigenvalue weighted by Gasteiger charge is 2.34. The first-order valence-electron chi connectivity index (χ1n) is 11.7. The molecule has 0 bridgehead atoms. The smallest absolute Gasteiger partial charge is 0.403 e. The summed E-state index contributed by atoms with van der Waals surface area (Å²) in [6.45, 7) is 1.52. The lowest BCUT2D eigenvalue weighted by Gasteiger charge is -2.26. The summed E-state index contributed by atoms with van der Waals surface area (Å²) in [6, 6.07) is 21.1. The second-order valence-electron chi connectivity index (χ2n) is 8.84. The Morgan fingerprint density at radius 3 is 2.26 bits per heavy atom. The van der Waals surface area contributed by atoms with E-state index in [1.54, 1.807) is 17.8 Å². The van der Waals surface area contributed by atoms with Crippen molar-refractivity contribution in [2.45, 2.75) is 18.0 Å². The van der Waals surface area contributed by atoms with Crippen molar-refractivity contribution in [3.63, 3.8) is 0 Å². The number of imidazole rings is 1. The minimum atomic E-state index is -4.58. The maximum atomic E-state index is 13.5. The molecule has 0 atom stereocenters. The number of anilines is 2. The van der Waals surface area contributed by atoms with E-state index in [2.05, 4.69) is 4.98 Å². The monoisotopic (exact) mass is 538 g/mol. The molecule has 1 aromatic heterocycles. The number of hydrogen-bond acceptors (Lipinski definition) is 6. The first-order valence-corrected chi connectivity index (χ1v) is 12.9. The molecule has 1 heterocycles. The number of alkyl halides is 3. The summed E-state index contributed by atoms with van der Waals surface area (Å²) in [4.78, 5) is 6.80. The van der Waals surface area contributed by atoms with Crippen LogP contribution in [0.3, 0.4) is 0 Å². The Bertz CT molecular complexity index is 1460. The van der Waals surface area contributed by atoms with Crippen molar-refractivity contribution in [2.24, 2.45) is 11.6 Å². The lowest BCUT2D eigenvalue weighted by Crippen LogP contribution is -2.31. The molecular weight excluding hydrogens is 509 g/mol. The average Bonchev–Trinajstić information content (AvgIpc) is 3.31. The lowest BCUT2D eigenvalue weighted by molar-refractivity contribution is -0.141. The molecule has 0 radical (unpaired) electrons. The second kappa shape index (κ2) is 10.8. The van der Waals surface area contributed by atoms with E-state index in [-0.39, 0.29) is 5.82 Å². The number of hydrazine groups is 1. The predicted molar refractivity (Wildman–Crippen MR) is 150 cm³/mol. The fourth-order valence-corrected chi connectivity index (χ4v) is 4.59. The van der Waals surface area contributed by atoms with Crippen molar-refractivity contribution in [2.75, 3.05) is 30.3 Å². The topological polar surface area (TPSA) is 76.3 Å². The zero-order valence-electron chi connectivity index (χ0n) is 21.5. The fourth-order valence-electron chi connectivity index (χ4n) is 4.13. The summed E-state index contributed by atoms with van der Waals surface area (Å²) in [7, 11) is 3.88. The lowest BCUT2D eigenvalue weighted by atomic mass is 10.0. The SMILES string of the molecule is CSc1cccc(-c2ccc(-n3cc(C(F)(F)F)nc3C)c(N(N)/C(=C\N)c3ccc(N(C)C)cc3)c2)c1. The van der Waals surface area contributed by atoms with Crippen molar-refractivity contribution in [1.82, 2.24) is 9.55 Å². The normalized spacial score (nSPS) is 12.1. The summed E-state index contributed by atoms with van der Waals surface area (Å²) in [5.41, 5.74) is 9.99. The van der Waals surface area contributed by atoms with Gasteiger partial charge < -0.3 is 15.2 Å². The van der Waals surface area contributed by atoms with Crippen LogP contribution in [-0.4, -0.2) is 29.9 Å². The van der Waals surface area contributed by atoms with Crippen LogP contribution in [0.15, 0.2) is 84.0 Å². The van der Waals surface area contributed by atoms with Crippen LogP contribution in [0.4, 0.5) is 24.5 Å². The van der Waals surface area contributed by atoms with Gasteiger partial charge in [-0.15, -0.1) is 11.8 Å². The van der Waals surface area contributed by atoms with E-state index >= 15 is 0 Å². The van der Waals surface area contributed by atoms with Gasteiger partial charge in [0.2, 0.25) is 0 Å². The van der Waals surface area contributed by atoms with E-state index in [4.69, 9.17) is 11.6 Å². The van der Waals surface area contributed by atoms with Crippen LogP contribution in [0.5, 0.6) is 0 Å². The Labute approximate surface area is 224 Å². The van der Waals surface area contributed by atoms with E-state index in [9.17, 15) is 13.2 Å².